The Hall–Kier alpha value is -0.770. The summed E-state index contributed by atoms with van der Waals surface area (Å²) in [6, 6.07) is 0. The maximum atomic E-state index is 11.2. The Kier molecular flexibility index (Phi) is 4.02. The minimum absolute atomic E-state index is 0.0194. The average molecular weight is 207 g/mol. The Morgan fingerprint density at radius 1 is 1.23 bits per heavy atom. The summed E-state index contributed by atoms with van der Waals surface area (Å²) in [6.45, 7) is -0.377. The van der Waals surface area contributed by atoms with Crippen molar-refractivity contribution in [1.82, 2.24) is 0 Å². The minimum Gasteiger partial charge on any atom is -0.428 e. The second kappa shape index (κ2) is 5.07. The van der Waals surface area contributed by atoms with Gasteiger partial charge in [-0.1, -0.05) is 12.8 Å². The molecule has 1 aliphatic rings. The summed E-state index contributed by atoms with van der Waals surface area (Å²) < 4.78 is 8.93. The standard InChI is InChI=1S/C8H11ClO4/c9-8(11)13-5-12-7(10)6-3-1-2-4-6/h6H,1-5H2. The van der Waals surface area contributed by atoms with Crippen LogP contribution in [0.1, 0.15) is 25.7 Å². The number of hydrogen-bond donors (Lipinski definition) is 0. The van der Waals surface area contributed by atoms with Crippen molar-refractivity contribution in [3.63, 3.8) is 0 Å². The third-order valence-electron chi connectivity index (χ3n) is 2.06. The first-order valence-electron chi connectivity index (χ1n) is 4.19. The molecule has 0 bridgehead atoms. The largest absolute Gasteiger partial charge is 0.428 e. The predicted octanol–water partition coefficient (Wildman–Crippen LogP) is 2.05. The van der Waals surface area contributed by atoms with E-state index in [1.807, 2.05) is 0 Å². The summed E-state index contributed by atoms with van der Waals surface area (Å²) in [5.41, 5.74) is -0.959. The Morgan fingerprint density at radius 3 is 2.38 bits per heavy atom. The van der Waals surface area contributed by atoms with Gasteiger partial charge in [0.25, 0.3) is 0 Å². The number of carbonyl (C=O) groups excluding carboxylic acids is 2. The molecular formula is C8H11ClO4. The molecule has 0 amide bonds. The zero-order chi connectivity index (χ0) is 9.68. The first kappa shape index (κ1) is 10.3. The summed E-state index contributed by atoms with van der Waals surface area (Å²) in [7, 11) is 0. The van der Waals surface area contributed by atoms with Gasteiger partial charge in [0.1, 0.15) is 0 Å². The molecule has 1 saturated carbocycles. The molecule has 0 aromatic rings. The highest BCUT2D eigenvalue weighted by Gasteiger charge is 2.24. The van der Waals surface area contributed by atoms with Crippen molar-refractivity contribution in [3.8, 4) is 0 Å². The monoisotopic (exact) mass is 206 g/mol. The van der Waals surface area contributed by atoms with Crippen molar-refractivity contribution >= 4 is 23.0 Å². The van der Waals surface area contributed by atoms with Crippen LogP contribution in [0.3, 0.4) is 0 Å². The van der Waals surface area contributed by atoms with Crippen LogP contribution < -0.4 is 0 Å². The third kappa shape index (κ3) is 3.63. The number of halogens is 1. The van der Waals surface area contributed by atoms with E-state index >= 15 is 0 Å². The lowest BCUT2D eigenvalue weighted by atomic mass is 10.1. The topological polar surface area (TPSA) is 52.6 Å². The molecule has 0 heterocycles. The molecule has 0 N–H and O–H groups in total. The van der Waals surface area contributed by atoms with Crippen molar-refractivity contribution in [2.45, 2.75) is 25.7 Å². The van der Waals surface area contributed by atoms with E-state index < -0.39 is 5.43 Å². The van der Waals surface area contributed by atoms with E-state index in [9.17, 15) is 9.59 Å². The molecule has 0 atom stereocenters. The molecule has 0 spiro atoms. The fraction of sp³-hybridized carbons (Fsp3) is 0.750. The van der Waals surface area contributed by atoms with E-state index in [0.29, 0.717) is 0 Å². The molecule has 1 fully saturated rings. The lowest BCUT2D eigenvalue weighted by Gasteiger charge is -2.08. The van der Waals surface area contributed by atoms with Gasteiger partial charge in [-0.15, -0.1) is 0 Å². The minimum atomic E-state index is -0.959. The highest BCUT2D eigenvalue weighted by atomic mass is 35.5. The van der Waals surface area contributed by atoms with Gasteiger partial charge >= 0.3 is 11.4 Å². The van der Waals surface area contributed by atoms with Crippen molar-refractivity contribution in [3.05, 3.63) is 0 Å². The molecule has 1 rings (SSSR count). The van der Waals surface area contributed by atoms with E-state index in [0.717, 1.165) is 25.7 Å². The normalized spacial score (nSPS) is 17.0. The molecule has 0 aromatic heterocycles. The lowest BCUT2D eigenvalue weighted by molar-refractivity contribution is -0.156. The fourth-order valence-corrected chi connectivity index (χ4v) is 1.46. The van der Waals surface area contributed by atoms with Crippen LogP contribution in [0.15, 0.2) is 0 Å². The molecule has 1 aliphatic carbocycles. The second-order valence-electron chi connectivity index (χ2n) is 2.94. The van der Waals surface area contributed by atoms with Gasteiger partial charge in [-0.05, 0) is 12.8 Å². The number of carbonyl (C=O) groups is 2. The first-order valence-corrected chi connectivity index (χ1v) is 4.57. The summed E-state index contributed by atoms with van der Waals surface area (Å²) >= 11 is 4.87. The van der Waals surface area contributed by atoms with E-state index in [1.165, 1.54) is 0 Å². The van der Waals surface area contributed by atoms with Crippen LogP contribution in [0, 0.1) is 5.92 Å². The third-order valence-corrected chi connectivity index (χ3v) is 2.17. The molecule has 0 aliphatic heterocycles. The molecule has 13 heavy (non-hydrogen) atoms. The summed E-state index contributed by atoms with van der Waals surface area (Å²) in [4.78, 5) is 21.3. The summed E-state index contributed by atoms with van der Waals surface area (Å²) in [5.74, 6) is -0.315. The van der Waals surface area contributed by atoms with Crippen molar-refractivity contribution < 1.29 is 19.1 Å². The van der Waals surface area contributed by atoms with Gasteiger partial charge in [0.05, 0.1) is 5.92 Å². The van der Waals surface area contributed by atoms with Crippen LogP contribution in [0.4, 0.5) is 4.79 Å². The highest BCUT2D eigenvalue weighted by Crippen LogP contribution is 2.25. The van der Waals surface area contributed by atoms with Gasteiger partial charge in [-0.3, -0.25) is 4.79 Å². The number of rotatable bonds is 3. The van der Waals surface area contributed by atoms with Crippen molar-refractivity contribution in [2.75, 3.05) is 6.79 Å². The van der Waals surface area contributed by atoms with Crippen LogP contribution in [-0.4, -0.2) is 18.2 Å². The molecule has 0 unspecified atom stereocenters. The lowest BCUT2D eigenvalue weighted by Crippen LogP contribution is -2.16. The van der Waals surface area contributed by atoms with E-state index in [2.05, 4.69) is 9.47 Å². The Bertz CT molecular complexity index is 198. The van der Waals surface area contributed by atoms with Gasteiger partial charge in [-0.25, -0.2) is 4.79 Å². The average Bonchev–Trinajstić information content (AvgIpc) is 2.55. The molecule has 74 valence electrons. The van der Waals surface area contributed by atoms with E-state index in [4.69, 9.17) is 11.6 Å². The molecule has 0 radical (unpaired) electrons. The van der Waals surface area contributed by atoms with Crippen LogP contribution in [-0.2, 0) is 14.3 Å². The Labute approximate surface area is 81.1 Å². The van der Waals surface area contributed by atoms with Crippen LogP contribution in [0.5, 0.6) is 0 Å². The Balaban J connectivity index is 2.13. The second-order valence-corrected chi connectivity index (χ2v) is 3.25. The number of hydrogen-bond acceptors (Lipinski definition) is 4. The van der Waals surface area contributed by atoms with Crippen LogP contribution >= 0.6 is 11.6 Å². The van der Waals surface area contributed by atoms with Crippen LogP contribution in [0.2, 0.25) is 0 Å². The maximum Gasteiger partial charge on any atom is 0.406 e. The fourth-order valence-electron chi connectivity index (χ4n) is 1.41. The van der Waals surface area contributed by atoms with Gasteiger partial charge in [0.2, 0.25) is 6.79 Å². The highest BCUT2D eigenvalue weighted by molar-refractivity contribution is 6.61. The zero-order valence-electron chi connectivity index (χ0n) is 7.12. The zero-order valence-corrected chi connectivity index (χ0v) is 7.88. The quantitative estimate of drug-likeness (QED) is 0.403. The van der Waals surface area contributed by atoms with E-state index in [-0.39, 0.29) is 18.7 Å². The van der Waals surface area contributed by atoms with Gasteiger partial charge < -0.3 is 9.47 Å². The van der Waals surface area contributed by atoms with Gasteiger partial charge in [0.15, 0.2) is 0 Å². The van der Waals surface area contributed by atoms with Gasteiger partial charge in [-0.2, -0.15) is 0 Å². The smallest absolute Gasteiger partial charge is 0.406 e. The molecule has 0 aromatic carbocycles. The molecule has 5 heteroatoms. The maximum absolute atomic E-state index is 11.2. The Morgan fingerprint density at radius 2 is 1.85 bits per heavy atom. The SMILES string of the molecule is O=C(Cl)OCOC(=O)C1CCCC1. The van der Waals surface area contributed by atoms with E-state index in [1.54, 1.807) is 0 Å². The molecule has 4 nitrogen and oxygen atoms in total. The first-order chi connectivity index (χ1) is 6.20. The predicted molar refractivity (Wildman–Crippen MR) is 45.3 cm³/mol. The summed E-state index contributed by atoms with van der Waals surface area (Å²) in [6.07, 6.45) is 3.87. The van der Waals surface area contributed by atoms with Crippen molar-refractivity contribution in [2.24, 2.45) is 5.92 Å². The number of esters is 1. The van der Waals surface area contributed by atoms with Crippen molar-refractivity contribution in [1.29, 1.82) is 0 Å². The number of ether oxygens (including phenoxy) is 2. The molecule has 0 saturated heterocycles. The molecular weight excluding hydrogens is 196 g/mol. The summed E-state index contributed by atoms with van der Waals surface area (Å²) in [5, 5.41) is 0. The van der Waals surface area contributed by atoms with Crippen LogP contribution in [0.25, 0.3) is 0 Å². The van der Waals surface area contributed by atoms with Gasteiger partial charge in [0, 0.05) is 11.6 Å².